The lowest BCUT2D eigenvalue weighted by Gasteiger charge is -2.49. The number of hydrogen-bond acceptors (Lipinski definition) is 8. The third-order valence-electron chi connectivity index (χ3n) is 5.81. The number of amidine groups is 1. The van der Waals surface area contributed by atoms with Crippen molar-refractivity contribution in [1.82, 2.24) is 31.2 Å². The molecule has 9 heteroatoms. The van der Waals surface area contributed by atoms with E-state index in [4.69, 9.17) is 15.6 Å². The van der Waals surface area contributed by atoms with Gasteiger partial charge in [0.2, 0.25) is 5.88 Å². The first kappa shape index (κ1) is 23.7. The number of piperidine rings is 1. The molecule has 0 atom stereocenters. The van der Waals surface area contributed by atoms with Crippen LogP contribution in [-0.2, 0) is 0 Å². The van der Waals surface area contributed by atoms with E-state index in [0.29, 0.717) is 17.4 Å². The van der Waals surface area contributed by atoms with Gasteiger partial charge < -0.3 is 20.4 Å². The summed E-state index contributed by atoms with van der Waals surface area (Å²) in [6.07, 6.45) is 7.03. The zero-order valence-corrected chi connectivity index (χ0v) is 20.1. The highest BCUT2D eigenvalue weighted by molar-refractivity contribution is 6.08. The average Bonchev–Trinajstić information content (AvgIpc) is 3.14. The van der Waals surface area contributed by atoms with Gasteiger partial charge in [0.15, 0.2) is 0 Å². The van der Waals surface area contributed by atoms with Gasteiger partial charge in [-0.1, -0.05) is 0 Å². The molecule has 0 aliphatic carbocycles. The van der Waals surface area contributed by atoms with Crippen molar-refractivity contribution in [3.05, 3.63) is 41.7 Å². The van der Waals surface area contributed by atoms with Crippen LogP contribution in [0.15, 0.2) is 30.5 Å². The summed E-state index contributed by atoms with van der Waals surface area (Å²) in [5.41, 5.74) is 8.54. The number of nitrogens with zero attached hydrogens (tertiary/aromatic N) is 3. The number of nitrogens with one attached hydrogen (secondary N) is 5. The van der Waals surface area contributed by atoms with Crippen molar-refractivity contribution in [1.29, 1.82) is 10.8 Å². The van der Waals surface area contributed by atoms with Gasteiger partial charge in [0.1, 0.15) is 5.84 Å². The molecule has 1 aromatic rings. The van der Waals surface area contributed by atoms with E-state index in [9.17, 15) is 0 Å². The lowest BCUT2D eigenvalue weighted by Crippen LogP contribution is -2.62. The smallest absolute Gasteiger partial charge is 0.223 e. The van der Waals surface area contributed by atoms with Crippen LogP contribution in [-0.4, -0.2) is 64.9 Å². The van der Waals surface area contributed by atoms with Crippen LogP contribution in [0.4, 0.5) is 0 Å². The lowest BCUT2D eigenvalue weighted by molar-refractivity contribution is 0.114. The first-order valence-electron chi connectivity index (χ1n) is 10.8. The molecular weight excluding hydrogens is 404 g/mol. The van der Waals surface area contributed by atoms with Crippen LogP contribution in [0.1, 0.15) is 51.8 Å². The maximum atomic E-state index is 8.54. The van der Waals surface area contributed by atoms with Gasteiger partial charge >= 0.3 is 0 Å². The van der Waals surface area contributed by atoms with Gasteiger partial charge in [-0.25, -0.2) is 4.98 Å². The molecule has 0 amide bonds. The average molecular weight is 441 g/mol. The van der Waals surface area contributed by atoms with Crippen molar-refractivity contribution >= 4 is 17.2 Å². The zero-order valence-electron chi connectivity index (χ0n) is 20.1. The van der Waals surface area contributed by atoms with Gasteiger partial charge in [0, 0.05) is 37.4 Å². The van der Waals surface area contributed by atoms with E-state index in [1.165, 1.54) is 0 Å². The fraction of sp³-hybridized carbons (Fsp3) is 0.522. The Hall–Kier alpha value is -2.91. The molecule has 5 N–H and O–H groups in total. The van der Waals surface area contributed by atoms with Crippen molar-refractivity contribution in [2.45, 2.75) is 57.7 Å². The highest BCUT2D eigenvalue weighted by Gasteiger charge is 2.39. The van der Waals surface area contributed by atoms with Crippen LogP contribution in [0, 0.1) is 10.8 Å². The van der Waals surface area contributed by atoms with Crippen molar-refractivity contribution < 1.29 is 4.74 Å². The van der Waals surface area contributed by atoms with E-state index in [2.05, 4.69) is 48.8 Å². The molecule has 3 rings (SSSR count). The normalized spacial score (nSPS) is 20.4. The number of likely N-dealkylation sites (N-methyl/N-ethyl adjacent to an activating group) is 1. The minimum atomic E-state index is 0.00748. The van der Waals surface area contributed by atoms with E-state index in [1.807, 2.05) is 31.3 Å². The Balaban J connectivity index is 1.70. The van der Waals surface area contributed by atoms with E-state index >= 15 is 0 Å². The number of allylic oxidation sites excluding steroid dienone is 1. The summed E-state index contributed by atoms with van der Waals surface area (Å²) in [5.74, 6) is 0.814. The Morgan fingerprint density at radius 2 is 1.84 bits per heavy atom. The number of hydrazine groups is 2. The number of rotatable bonds is 6. The summed E-state index contributed by atoms with van der Waals surface area (Å²) in [5, 5.41) is 22.4. The van der Waals surface area contributed by atoms with Gasteiger partial charge in [0.25, 0.3) is 0 Å². The molecule has 174 valence electrons. The van der Waals surface area contributed by atoms with Crippen molar-refractivity contribution in [2.24, 2.45) is 0 Å². The lowest BCUT2D eigenvalue weighted by atomic mass is 9.79. The second-order valence-corrected chi connectivity index (χ2v) is 9.81. The molecule has 0 spiro atoms. The summed E-state index contributed by atoms with van der Waals surface area (Å²) in [7, 11) is 5.38. The number of methoxy groups -OCH3 is 1. The minimum Gasteiger partial charge on any atom is -0.480 e. The van der Waals surface area contributed by atoms with Crippen LogP contribution in [0.2, 0.25) is 0 Å². The molecule has 2 aliphatic heterocycles. The monoisotopic (exact) mass is 440 g/mol. The summed E-state index contributed by atoms with van der Waals surface area (Å²) in [6, 6.07) is 3.92. The van der Waals surface area contributed by atoms with Crippen LogP contribution >= 0.6 is 0 Å². The number of pyridine rings is 1. The molecule has 0 radical (unpaired) electrons. The van der Waals surface area contributed by atoms with Crippen LogP contribution in [0.5, 0.6) is 5.88 Å². The van der Waals surface area contributed by atoms with Gasteiger partial charge in [-0.15, -0.1) is 5.12 Å². The van der Waals surface area contributed by atoms with Gasteiger partial charge in [-0.3, -0.25) is 16.2 Å². The Bertz CT molecular complexity index is 933. The van der Waals surface area contributed by atoms with E-state index in [1.54, 1.807) is 30.4 Å². The maximum Gasteiger partial charge on any atom is 0.223 e. The minimum absolute atomic E-state index is 0.00748. The molecular formula is C23H36N8O. The quantitative estimate of drug-likeness (QED) is 0.341. The molecule has 0 unspecified atom stereocenters. The first-order valence-corrected chi connectivity index (χ1v) is 10.8. The maximum absolute atomic E-state index is 8.54. The molecule has 2 aliphatic rings. The molecule has 1 aromatic heterocycles. The van der Waals surface area contributed by atoms with E-state index < -0.39 is 0 Å². The Labute approximate surface area is 190 Å². The van der Waals surface area contributed by atoms with Crippen molar-refractivity contribution in [3.63, 3.8) is 0 Å². The van der Waals surface area contributed by atoms with Crippen molar-refractivity contribution in [3.8, 4) is 5.88 Å². The first-order chi connectivity index (χ1) is 14.9. The summed E-state index contributed by atoms with van der Waals surface area (Å²) < 4.78 is 5.45. The highest BCUT2D eigenvalue weighted by Crippen LogP contribution is 2.31. The van der Waals surface area contributed by atoms with Crippen molar-refractivity contribution in [2.75, 3.05) is 21.2 Å². The van der Waals surface area contributed by atoms with Crippen LogP contribution < -0.4 is 20.9 Å². The number of hydrogen-bond donors (Lipinski definition) is 5. The molecule has 1 fully saturated rings. The van der Waals surface area contributed by atoms with E-state index in [0.717, 1.165) is 24.1 Å². The standard InChI is InChI=1S/C23H36N8O/c1-22(2)12-15(13-23(3,4)29-22)30(5)20(25)11-9-17(24)18-10-8-16(21(27-18)32-7)19-14-26-31(6)28-19/h8-11,14-15,24-26,28-29H,12-13H2,1-7H3/b11-9-,24-17?,25-20?. The predicted octanol–water partition coefficient (Wildman–Crippen LogP) is 2.49. The fourth-order valence-electron chi connectivity index (χ4n) is 4.60. The van der Waals surface area contributed by atoms with E-state index in [-0.39, 0.29) is 22.8 Å². The Morgan fingerprint density at radius 3 is 2.41 bits per heavy atom. The second kappa shape index (κ2) is 8.91. The third kappa shape index (κ3) is 5.46. The zero-order chi connectivity index (χ0) is 23.7. The molecule has 3 heterocycles. The number of aromatic nitrogens is 1. The highest BCUT2D eigenvalue weighted by atomic mass is 16.5. The Kier molecular flexibility index (Phi) is 6.61. The van der Waals surface area contributed by atoms with Gasteiger partial charge in [0.05, 0.1) is 29.8 Å². The molecule has 0 aromatic carbocycles. The van der Waals surface area contributed by atoms with Crippen LogP contribution in [0.3, 0.4) is 0 Å². The largest absolute Gasteiger partial charge is 0.480 e. The number of ether oxygens (including phenoxy) is 1. The molecule has 32 heavy (non-hydrogen) atoms. The molecule has 0 saturated carbocycles. The SMILES string of the molecule is COc1nc(C(=N)/C=C\C(=N)N(C)C2CC(C)(C)NC(C)(C)C2)ccc1C1=CNN(C)N1. The second-order valence-electron chi connectivity index (χ2n) is 9.81. The predicted molar refractivity (Wildman–Crippen MR) is 129 cm³/mol. The molecule has 0 bridgehead atoms. The van der Waals surface area contributed by atoms with Gasteiger partial charge in [-0.05, 0) is 64.8 Å². The summed E-state index contributed by atoms with van der Waals surface area (Å²) >= 11 is 0. The summed E-state index contributed by atoms with van der Waals surface area (Å²) in [4.78, 5) is 6.50. The molecule has 1 saturated heterocycles. The molecule has 9 nitrogen and oxygen atoms in total. The third-order valence-corrected chi connectivity index (χ3v) is 5.81. The Morgan fingerprint density at radius 1 is 1.19 bits per heavy atom. The van der Waals surface area contributed by atoms with Gasteiger partial charge in [-0.2, -0.15) is 0 Å². The topological polar surface area (TPSA) is 112 Å². The summed E-state index contributed by atoms with van der Waals surface area (Å²) in [6.45, 7) is 8.82. The fourth-order valence-corrected chi connectivity index (χ4v) is 4.60. The van der Waals surface area contributed by atoms with Crippen LogP contribution in [0.25, 0.3) is 5.70 Å².